The molecule has 6 heteroatoms. The van der Waals surface area contributed by atoms with E-state index >= 15 is 0 Å². The summed E-state index contributed by atoms with van der Waals surface area (Å²) in [5.74, 6) is 1.87. The maximum atomic E-state index is 5.39. The van der Waals surface area contributed by atoms with Gasteiger partial charge in [-0.2, -0.15) is 0 Å². The van der Waals surface area contributed by atoms with E-state index in [9.17, 15) is 0 Å². The fourth-order valence-electron chi connectivity index (χ4n) is 2.51. The Balaban J connectivity index is 1.75. The first-order valence-electron chi connectivity index (χ1n) is 7.79. The Labute approximate surface area is 151 Å². The lowest BCUT2D eigenvalue weighted by Crippen LogP contribution is -2.02. The molecule has 0 radical (unpaired) electrons. The van der Waals surface area contributed by atoms with Crippen molar-refractivity contribution in [1.82, 2.24) is 4.98 Å². The van der Waals surface area contributed by atoms with Crippen molar-refractivity contribution in [2.45, 2.75) is 6.54 Å². The van der Waals surface area contributed by atoms with Gasteiger partial charge in [-0.1, -0.05) is 30.3 Å². The van der Waals surface area contributed by atoms with Crippen molar-refractivity contribution in [2.75, 3.05) is 26.6 Å². The molecule has 0 spiro atoms. The van der Waals surface area contributed by atoms with Crippen LogP contribution in [0.15, 0.2) is 47.8 Å². The molecule has 0 amide bonds. The number of thiazole rings is 1. The van der Waals surface area contributed by atoms with Crippen LogP contribution in [-0.2, 0) is 6.54 Å². The molecule has 1 heterocycles. The Morgan fingerprint density at radius 2 is 1.64 bits per heavy atom. The highest BCUT2D eigenvalue weighted by molar-refractivity contribution is 7.14. The molecule has 3 rings (SSSR count). The van der Waals surface area contributed by atoms with Gasteiger partial charge in [0.25, 0.3) is 0 Å². The van der Waals surface area contributed by atoms with Crippen LogP contribution in [0.25, 0.3) is 11.3 Å². The number of benzene rings is 2. The smallest absolute Gasteiger partial charge is 0.203 e. The molecule has 1 N–H and O–H groups in total. The molecule has 0 atom stereocenters. The first kappa shape index (κ1) is 17.1. The number of nitrogens with one attached hydrogen (secondary N) is 1. The van der Waals surface area contributed by atoms with Crippen LogP contribution in [0.4, 0.5) is 5.13 Å². The number of aromatic nitrogens is 1. The van der Waals surface area contributed by atoms with E-state index in [1.165, 1.54) is 0 Å². The zero-order valence-electron chi connectivity index (χ0n) is 14.4. The van der Waals surface area contributed by atoms with E-state index in [1.54, 1.807) is 32.7 Å². The Kier molecular flexibility index (Phi) is 5.40. The van der Waals surface area contributed by atoms with Crippen LogP contribution in [0, 0.1) is 0 Å². The van der Waals surface area contributed by atoms with Gasteiger partial charge in [0.05, 0.1) is 27.0 Å². The first-order valence-corrected chi connectivity index (χ1v) is 8.66. The van der Waals surface area contributed by atoms with Gasteiger partial charge in [-0.15, -0.1) is 11.3 Å². The summed E-state index contributed by atoms with van der Waals surface area (Å²) < 4.78 is 16.1. The van der Waals surface area contributed by atoms with Crippen LogP contribution in [-0.4, -0.2) is 26.3 Å². The number of hydrogen-bond donors (Lipinski definition) is 1. The van der Waals surface area contributed by atoms with E-state index in [4.69, 9.17) is 14.2 Å². The molecular weight excluding hydrogens is 336 g/mol. The molecule has 2 aromatic carbocycles. The second kappa shape index (κ2) is 7.90. The molecule has 0 unspecified atom stereocenters. The highest BCUT2D eigenvalue weighted by Gasteiger charge is 2.13. The van der Waals surface area contributed by atoms with Crippen LogP contribution in [0.3, 0.4) is 0 Å². The summed E-state index contributed by atoms with van der Waals surface area (Å²) in [6.07, 6.45) is 0. The van der Waals surface area contributed by atoms with Crippen LogP contribution >= 0.6 is 11.3 Å². The number of nitrogens with zero attached hydrogens (tertiary/aromatic N) is 1. The van der Waals surface area contributed by atoms with Gasteiger partial charge < -0.3 is 19.5 Å². The number of methoxy groups -OCH3 is 3. The summed E-state index contributed by atoms with van der Waals surface area (Å²) in [5.41, 5.74) is 3.10. The van der Waals surface area contributed by atoms with E-state index in [0.717, 1.165) is 22.0 Å². The van der Waals surface area contributed by atoms with E-state index in [2.05, 4.69) is 22.4 Å². The van der Waals surface area contributed by atoms with Gasteiger partial charge in [0, 0.05) is 17.5 Å². The molecule has 0 aliphatic rings. The summed E-state index contributed by atoms with van der Waals surface area (Å²) in [4.78, 5) is 4.63. The minimum Gasteiger partial charge on any atom is -0.493 e. The van der Waals surface area contributed by atoms with Crippen molar-refractivity contribution < 1.29 is 14.2 Å². The van der Waals surface area contributed by atoms with E-state index < -0.39 is 0 Å². The number of ether oxygens (including phenoxy) is 3. The van der Waals surface area contributed by atoms with Crippen LogP contribution < -0.4 is 19.5 Å². The Morgan fingerprint density at radius 3 is 2.24 bits per heavy atom. The molecule has 1 aromatic heterocycles. The molecule has 0 aliphatic carbocycles. The van der Waals surface area contributed by atoms with Gasteiger partial charge in [0.1, 0.15) is 0 Å². The molecule has 0 aliphatic heterocycles. The zero-order valence-corrected chi connectivity index (χ0v) is 15.2. The lowest BCUT2D eigenvalue weighted by atomic mass is 10.2. The van der Waals surface area contributed by atoms with Crippen molar-refractivity contribution in [3.8, 4) is 28.5 Å². The quantitative estimate of drug-likeness (QED) is 0.678. The number of anilines is 1. The van der Waals surface area contributed by atoms with E-state index in [0.29, 0.717) is 23.8 Å². The Morgan fingerprint density at radius 1 is 0.960 bits per heavy atom. The van der Waals surface area contributed by atoms with Crippen LogP contribution in [0.5, 0.6) is 17.2 Å². The highest BCUT2D eigenvalue weighted by atomic mass is 32.1. The summed E-state index contributed by atoms with van der Waals surface area (Å²) >= 11 is 1.58. The summed E-state index contributed by atoms with van der Waals surface area (Å²) in [5, 5.41) is 6.26. The average Bonchev–Trinajstić information content (AvgIpc) is 3.15. The summed E-state index contributed by atoms with van der Waals surface area (Å²) in [6, 6.07) is 14.0. The summed E-state index contributed by atoms with van der Waals surface area (Å²) in [7, 11) is 4.82. The van der Waals surface area contributed by atoms with Gasteiger partial charge in [-0.3, -0.25) is 0 Å². The molecule has 5 nitrogen and oxygen atoms in total. The third-order valence-corrected chi connectivity index (χ3v) is 4.54. The minimum absolute atomic E-state index is 0.592. The average molecular weight is 356 g/mol. The molecule has 0 fully saturated rings. The molecule has 0 saturated carbocycles. The monoisotopic (exact) mass is 356 g/mol. The lowest BCUT2D eigenvalue weighted by Gasteiger charge is -2.14. The van der Waals surface area contributed by atoms with Crippen molar-refractivity contribution >= 4 is 16.5 Å². The van der Waals surface area contributed by atoms with Gasteiger partial charge in [-0.05, 0) is 17.7 Å². The fraction of sp³-hybridized carbons (Fsp3) is 0.211. The Hall–Kier alpha value is -2.73. The van der Waals surface area contributed by atoms with Gasteiger partial charge >= 0.3 is 0 Å². The number of rotatable bonds is 7. The Bertz CT molecular complexity index is 809. The SMILES string of the molecule is COc1cc(CNc2nc(-c3ccccc3)cs2)cc(OC)c1OC. The molecule has 0 saturated heterocycles. The van der Waals surface area contributed by atoms with E-state index in [1.807, 2.05) is 35.7 Å². The third kappa shape index (κ3) is 3.85. The maximum Gasteiger partial charge on any atom is 0.203 e. The lowest BCUT2D eigenvalue weighted by molar-refractivity contribution is 0.324. The van der Waals surface area contributed by atoms with Crippen LogP contribution in [0.1, 0.15) is 5.56 Å². The highest BCUT2D eigenvalue weighted by Crippen LogP contribution is 2.38. The van der Waals surface area contributed by atoms with Gasteiger partial charge in [-0.25, -0.2) is 4.98 Å². The second-order valence-corrected chi connectivity index (χ2v) is 6.15. The predicted octanol–water partition coefficient (Wildman–Crippen LogP) is 4.45. The van der Waals surface area contributed by atoms with Crippen molar-refractivity contribution in [3.63, 3.8) is 0 Å². The third-order valence-electron chi connectivity index (χ3n) is 3.74. The van der Waals surface area contributed by atoms with Gasteiger partial charge in [0.15, 0.2) is 16.6 Å². The fourth-order valence-corrected chi connectivity index (χ4v) is 3.23. The summed E-state index contributed by atoms with van der Waals surface area (Å²) in [6.45, 7) is 0.610. The second-order valence-electron chi connectivity index (χ2n) is 5.29. The van der Waals surface area contributed by atoms with Crippen molar-refractivity contribution in [3.05, 3.63) is 53.4 Å². The molecular formula is C19H20N2O3S. The molecule has 130 valence electrons. The molecule has 25 heavy (non-hydrogen) atoms. The molecule has 0 bridgehead atoms. The largest absolute Gasteiger partial charge is 0.493 e. The van der Waals surface area contributed by atoms with Crippen molar-refractivity contribution in [2.24, 2.45) is 0 Å². The predicted molar refractivity (Wildman–Crippen MR) is 101 cm³/mol. The first-order chi connectivity index (χ1) is 12.2. The molecule has 3 aromatic rings. The minimum atomic E-state index is 0.592. The zero-order chi connectivity index (χ0) is 17.6. The normalized spacial score (nSPS) is 10.4. The number of hydrogen-bond acceptors (Lipinski definition) is 6. The standard InChI is InChI=1S/C19H20N2O3S/c1-22-16-9-13(10-17(23-2)18(16)24-3)11-20-19-21-15(12-25-19)14-7-5-4-6-8-14/h4-10,12H,11H2,1-3H3,(H,20,21). The van der Waals surface area contributed by atoms with Crippen molar-refractivity contribution in [1.29, 1.82) is 0 Å². The van der Waals surface area contributed by atoms with Gasteiger partial charge in [0.2, 0.25) is 5.75 Å². The topological polar surface area (TPSA) is 52.6 Å². The maximum absolute atomic E-state index is 5.39. The van der Waals surface area contributed by atoms with Crippen LogP contribution in [0.2, 0.25) is 0 Å². The van der Waals surface area contributed by atoms with E-state index in [-0.39, 0.29) is 0 Å².